The van der Waals surface area contributed by atoms with Crippen LogP contribution in [0.4, 0.5) is 5.82 Å². The van der Waals surface area contributed by atoms with Gasteiger partial charge in [-0.3, -0.25) is 0 Å². The van der Waals surface area contributed by atoms with Crippen molar-refractivity contribution in [1.29, 1.82) is 0 Å². The van der Waals surface area contributed by atoms with Crippen molar-refractivity contribution in [1.82, 2.24) is 24.9 Å². The van der Waals surface area contributed by atoms with Crippen molar-refractivity contribution < 1.29 is 4.74 Å². The van der Waals surface area contributed by atoms with Crippen LogP contribution >= 0.6 is 0 Å². The minimum atomic E-state index is 0.419. The van der Waals surface area contributed by atoms with Crippen molar-refractivity contribution in [2.24, 2.45) is 5.92 Å². The summed E-state index contributed by atoms with van der Waals surface area (Å²) in [5, 5.41) is 8.38. The van der Waals surface area contributed by atoms with E-state index in [4.69, 9.17) is 19.8 Å². The minimum Gasteiger partial charge on any atom is -0.477 e. The lowest BCUT2D eigenvalue weighted by Crippen LogP contribution is -2.49. The van der Waals surface area contributed by atoms with Crippen LogP contribution in [0.3, 0.4) is 0 Å². The van der Waals surface area contributed by atoms with Crippen molar-refractivity contribution in [3.63, 3.8) is 0 Å². The first-order valence-corrected chi connectivity index (χ1v) is 11.6. The third-order valence-electron chi connectivity index (χ3n) is 6.54. The lowest BCUT2D eigenvalue weighted by Gasteiger charge is -2.33. The zero-order valence-electron chi connectivity index (χ0n) is 18.5. The van der Waals surface area contributed by atoms with E-state index in [1.807, 2.05) is 22.7 Å². The number of aryl methyl sites for hydroxylation is 1. The molecule has 0 amide bonds. The van der Waals surface area contributed by atoms with Gasteiger partial charge < -0.3 is 15.0 Å². The number of hydrogen-bond acceptors (Lipinski definition) is 6. The Kier molecular flexibility index (Phi) is 5.76. The Bertz CT molecular complexity index is 1040. The van der Waals surface area contributed by atoms with Gasteiger partial charge in [-0.15, -0.1) is 5.10 Å². The topological polar surface area (TPSA) is 67.6 Å². The molecule has 3 aromatic rings. The lowest BCUT2D eigenvalue weighted by atomic mass is 9.90. The lowest BCUT2D eigenvalue weighted by molar-refractivity contribution is 0.203. The number of nitrogens with zero attached hydrogens (tertiary/aromatic N) is 5. The summed E-state index contributed by atoms with van der Waals surface area (Å²) in [6.07, 6.45) is 6.50. The van der Waals surface area contributed by atoms with Gasteiger partial charge in [0.1, 0.15) is 5.82 Å². The molecule has 7 nitrogen and oxygen atoms in total. The zero-order valence-corrected chi connectivity index (χ0v) is 18.5. The highest BCUT2D eigenvalue weighted by atomic mass is 16.5. The average Bonchev–Trinajstić information content (AvgIpc) is 3.22. The number of aromatic nitrogens is 4. The Hall–Kier alpha value is -2.67. The van der Waals surface area contributed by atoms with Crippen LogP contribution in [0.1, 0.15) is 44.6 Å². The largest absolute Gasteiger partial charge is 0.477 e. The maximum absolute atomic E-state index is 6.22. The summed E-state index contributed by atoms with van der Waals surface area (Å²) in [5.41, 5.74) is 2.20. The fraction of sp³-hybridized carbons (Fsp3) is 0.542. The summed E-state index contributed by atoms with van der Waals surface area (Å²) in [4.78, 5) is 11.9. The van der Waals surface area contributed by atoms with E-state index in [-0.39, 0.29) is 0 Å². The van der Waals surface area contributed by atoms with E-state index in [1.165, 1.54) is 32.1 Å². The maximum atomic E-state index is 6.22. The molecule has 2 aromatic heterocycles. The second-order valence-electron chi connectivity index (χ2n) is 9.03. The van der Waals surface area contributed by atoms with Crippen LogP contribution in [0.25, 0.3) is 17.2 Å². The van der Waals surface area contributed by atoms with Crippen molar-refractivity contribution in [3.05, 3.63) is 35.9 Å². The van der Waals surface area contributed by atoms with Crippen LogP contribution in [-0.2, 0) is 0 Å². The van der Waals surface area contributed by atoms with Crippen LogP contribution in [0.15, 0.2) is 30.3 Å². The van der Waals surface area contributed by atoms with Gasteiger partial charge in [-0.1, -0.05) is 43.5 Å². The number of benzene rings is 1. The molecule has 1 saturated carbocycles. The number of anilines is 1. The summed E-state index contributed by atoms with van der Waals surface area (Å²) >= 11 is 0. The number of fused-ring (bicyclic) bond motifs is 1. The molecule has 31 heavy (non-hydrogen) atoms. The predicted molar refractivity (Wildman–Crippen MR) is 123 cm³/mol. The van der Waals surface area contributed by atoms with E-state index in [1.54, 1.807) is 0 Å². The van der Waals surface area contributed by atoms with Gasteiger partial charge in [0.25, 0.3) is 5.78 Å². The van der Waals surface area contributed by atoms with Gasteiger partial charge in [0.05, 0.1) is 6.61 Å². The molecule has 1 atom stereocenters. The van der Waals surface area contributed by atoms with E-state index >= 15 is 0 Å². The highest BCUT2D eigenvalue weighted by Crippen LogP contribution is 2.28. The highest BCUT2D eigenvalue weighted by Gasteiger charge is 2.23. The molecule has 2 aliphatic rings. The molecule has 0 spiro atoms. The van der Waals surface area contributed by atoms with Crippen molar-refractivity contribution in [2.75, 3.05) is 31.1 Å². The van der Waals surface area contributed by atoms with Crippen molar-refractivity contribution >= 4 is 11.6 Å². The van der Waals surface area contributed by atoms with Crippen LogP contribution < -0.4 is 15.0 Å². The van der Waals surface area contributed by atoms with Gasteiger partial charge in [-0.25, -0.2) is 0 Å². The summed E-state index contributed by atoms with van der Waals surface area (Å²) < 4.78 is 8.10. The minimum absolute atomic E-state index is 0.419. The quantitative estimate of drug-likeness (QED) is 0.676. The first kappa shape index (κ1) is 20.2. The Morgan fingerprint density at radius 2 is 1.97 bits per heavy atom. The number of ether oxygens (including phenoxy) is 1. The molecule has 1 saturated heterocycles. The highest BCUT2D eigenvalue weighted by molar-refractivity contribution is 5.62. The second-order valence-corrected chi connectivity index (χ2v) is 9.03. The van der Waals surface area contributed by atoms with E-state index in [9.17, 15) is 0 Å². The molecule has 5 rings (SSSR count). The second kappa shape index (κ2) is 8.83. The fourth-order valence-corrected chi connectivity index (χ4v) is 4.77. The molecule has 0 bridgehead atoms. The fourth-order valence-electron chi connectivity index (χ4n) is 4.77. The van der Waals surface area contributed by atoms with E-state index < -0.39 is 0 Å². The Labute approximate surface area is 183 Å². The smallest absolute Gasteiger partial charge is 0.257 e. The normalized spacial score (nSPS) is 20.3. The molecule has 2 fully saturated rings. The van der Waals surface area contributed by atoms with Gasteiger partial charge >= 0.3 is 0 Å². The van der Waals surface area contributed by atoms with E-state index in [0.29, 0.717) is 29.4 Å². The van der Waals surface area contributed by atoms with Crippen LogP contribution in [-0.4, -0.2) is 51.9 Å². The van der Waals surface area contributed by atoms with Crippen LogP contribution in [0, 0.1) is 12.8 Å². The molecule has 7 heteroatoms. The summed E-state index contributed by atoms with van der Waals surface area (Å²) in [6, 6.07) is 10.7. The van der Waals surface area contributed by atoms with E-state index in [2.05, 4.69) is 36.2 Å². The van der Waals surface area contributed by atoms with E-state index in [0.717, 1.165) is 43.2 Å². The first-order chi connectivity index (χ1) is 15.2. The number of nitrogens with one attached hydrogen (secondary N) is 1. The standard InChI is InChI=1S/C24H32N6O/c1-17-8-6-7-11-20(17)23-27-24-26-21(31-16-19-9-4-3-5-10-19)14-22(30(24)28-23)29-13-12-25-18(2)15-29/h6-8,11,14,18-19,25H,3-5,9-10,12-13,15-16H2,1-2H3. The van der Waals surface area contributed by atoms with Gasteiger partial charge in [-0.2, -0.15) is 14.5 Å². The predicted octanol–water partition coefficient (Wildman–Crippen LogP) is 3.86. The average molecular weight is 421 g/mol. The SMILES string of the molecule is Cc1ccccc1-c1nc2nc(OCC3CCCCC3)cc(N3CCNC(C)C3)n2n1. The number of piperazine rings is 1. The molecule has 1 aromatic carbocycles. The molecule has 164 valence electrons. The molecule has 1 unspecified atom stereocenters. The Morgan fingerprint density at radius 1 is 1.13 bits per heavy atom. The summed E-state index contributed by atoms with van der Waals surface area (Å²) in [5.74, 6) is 3.60. The third kappa shape index (κ3) is 4.37. The monoisotopic (exact) mass is 420 g/mol. The Balaban J connectivity index is 1.51. The molecule has 0 radical (unpaired) electrons. The molecular formula is C24H32N6O. The van der Waals surface area contributed by atoms with Crippen molar-refractivity contribution in [3.8, 4) is 17.3 Å². The molecule has 1 aliphatic carbocycles. The van der Waals surface area contributed by atoms with Gasteiger partial charge in [0, 0.05) is 37.3 Å². The third-order valence-corrected chi connectivity index (χ3v) is 6.54. The van der Waals surface area contributed by atoms with Crippen molar-refractivity contribution in [2.45, 2.75) is 52.0 Å². The van der Waals surface area contributed by atoms with Gasteiger partial charge in [0.15, 0.2) is 5.82 Å². The Morgan fingerprint density at radius 3 is 2.77 bits per heavy atom. The number of rotatable bonds is 5. The van der Waals surface area contributed by atoms with Crippen LogP contribution in [0.2, 0.25) is 0 Å². The molecular weight excluding hydrogens is 388 g/mol. The summed E-state index contributed by atoms with van der Waals surface area (Å²) in [6.45, 7) is 7.82. The molecule has 3 heterocycles. The van der Waals surface area contributed by atoms with Gasteiger partial charge in [-0.05, 0) is 38.2 Å². The maximum Gasteiger partial charge on any atom is 0.257 e. The molecule has 1 aliphatic heterocycles. The zero-order chi connectivity index (χ0) is 21.2. The summed E-state index contributed by atoms with van der Waals surface area (Å²) in [7, 11) is 0. The first-order valence-electron chi connectivity index (χ1n) is 11.6. The van der Waals surface area contributed by atoms with Gasteiger partial charge in [0.2, 0.25) is 5.88 Å². The molecule has 1 N–H and O–H groups in total. The van der Waals surface area contributed by atoms with Crippen LogP contribution in [0.5, 0.6) is 5.88 Å². The number of hydrogen-bond donors (Lipinski definition) is 1.